The van der Waals surface area contributed by atoms with Gasteiger partial charge in [-0.1, -0.05) is 83.4 Å². The van der Waals surface area contributed by atoms with Gasteiger partial charge in [0.05, 0.1) is 22.8 Å². The first-order chi connectivity index (χ1) is 21.6. The summed E-state index contributed by atoms with van der Waals surface area (Å²) < 4.78 is 18.0. The van der Waals surface area contributed by atoms with E-state index in [-0.39, 0.29) is 11.4 Å². The molecule has 4 rings (SSSR count). The smallest absolute Gasteiger partial charge is 0.262 e. The normalized spacial score (nSPS) is 12.3. The molecule has 11 heteroatoms. The second-order valence-corrected chi connectivity index (χ2v) is 11.8. The van der Waals surface area contributed by atoms with Crippen molar-refractivity contribution in [2.24, 2.45) is 5.10 Å². The predicted octanol–water partition coefficient (Wildman–Crippen LogP) is 7.30. The number of carbonyl (C=O) groups is 2. The van der Waals surface area contributed by atoms with E-state index in [4.69, 9.17) is 37.4 Å². The van der Waals surface area contributed by atoms with Crippen molar-refractivity contribution in [1.82, 2.24) is 10.7 Å². The molecule has 2 atom stereocenters. The van der Waals surface area contributed by atoms with Crippen molar-refractivity contribution in [2.45, 2.75) is 39.0 Å². The molecule has 45 heavy (non-hydrogen) atoms. The van der Waals surface area contributed by atoms with Gasteiger partial charge < -0.3 is 19.5 Å². The number of benzene rings is 4. The van der Waals surface area contributed by atoms with E-state index >= 15 is 0 Å². The molecule has 0 aromatic heterocycles. The summed E-state index contributed by atoms with van der Waals surface area (Å²) >= 11 is 15.7. The molecule has 0 heterocycles. The molecule has 2 N–H and O–H groups in total. The molecule has 0 saturated heterocycles. The highest BCUT2D eigenvalue weighted by Crippen LogP contribution is 2.37. The number of hydrogen-bond donors (Lipinski definition) is 2. The Kier molecular flexibility index (Phi) is 12.3. The zero-order valence-electron chi connectivity index (χ0n) is 24.9. The van der Waals surface area contributed by atoms with E-state index in [0.717, 1.165) is 11.1 Å². The van der Waals surface area contributed by atoms with Gasteiger partial charge in [0.25, 0.3) is 11.8 Å². The van der Waals surface area contributed by atoms with Crippen LogP contribution in [0.1, 0.15) is 29.2 Å². The molecule has 4 aromatic carbocycles. The summed E-state index contributed by atoms with van der Waals surface area (Å²) in [6.07, 6.45) is 0.758. The lowest BCUT2D eigenvalue weighted by molar-refractivity contribution is -0.132. The maximum absolute atomic E-state index is 13.3. The zero-order chi connectivity index (χ0) is 32.3. The lowest BCUT2D eigenvalue weighted by Crippen LogP contribution is -2.50. The van der Waals surface area contributed by atoms with Crippen molar-refractivity contribution in [3.05, 3.63) is 122 Å². The molecule has 0 bridgehead atoms. The summed E-state index contributed by atoms with van der Waals surface area (Å²) in [5.41, 5.74) is 6.23. The third-order valence-electron chi connectivity index (χ3n) is 6.63. The summed E-state index contributed by atoms with van der Waals surface area (Å²) in [7, 11) is 1.55. The van der Waals surface area contributed by atoms with Gasteiger partial charge in [-0.15, -0.1) is 0 Å². The Bertz CT molecular complexity index is 1650. The van der Waals surface area contributed by atoms with Crippen LogP contribution in [0.25, 0.3) is 0 Å². The van der Waals surface area contributed by atoms with E-state index in [9.17, 15) is 9.59 Å². The fourth-order valence-corrected chi connectivity index (χ4v) is 5.23. The minimum Gasteiger partial charge on any atom is -0.493 e. The molecule has 0 saturated carbocycles. The summed E-state index contributed by atoms with van der Waals surface area (Å²) in [4.78, 5) is 26.3. The van der Waals surface area contributed by atoms with Gasteiger partial charge in [0, 0.05) is 11.4 Å². The van der Waals surface area contributed by atoms with Crippen LogP contribution < -0.4 is 25.0 Å². The monoisotopic (exact) mass is 711 g/mol. The number of hydrazone groups is 1. The third-order valence-corrected chi connectivity index (χ3v) is 7.75. The number of ether oxygens (including phenoxy) is 3. The molecular formula is C34H32BrCl2N3O5. The predicted molar refractivity (Wildman–Crippen MR) is 181 cm³/mol. The summed E-state index contributed by atoms with van der Waals surface area (Å²) in [5.74, 6) is 0.320. The van der Waals surface area contributed by atoms with Gasteiger partial charge >= 0.3 is 0 Å². The first-order valence-corrected chi connectivity index (χ1v) is 15.5. The van der Waals surface area contributed by atoms with Gasteiger partial charge in [-0.25, -0.2) is 5.43 Å². The molecule has 0 aliphatic carbocycles. The van der Waals surface area contributed by atoms with E-state index in [1.54, 1.807) is 38.3 Å². The number of methoxy groups -OCH3 is 1. The average Bonchev–Trinajstić information content (AvgIpc) is 3.02. The van der Waals surface area contributed by atoms with E-state index in [1.807, 2.05) is 61.5 Å². The molecule has 0 spiro atoms. The van der Waals surface area contributed by atoms with Crippen molar-refractivity contribution in [3.8, 4) is 17.2 Å². The van der Waals surface area contributed by atoms with E-state index in [2.05, 4.69) is 31.8 Å². The molecule has 0 radical (unpaired) electrons. The third kappa shape index (κ3) is 9.97. The van der Waals surface area contributed by atoms with Gasteiger partial charge in [-0.2, -0.15) is 5.10 Å². The summed E-state index contributed by atoms with van der Waals surface area (Å²) in [5, 5.41) is 7.61. The van der Waals surface area contributed by atoms with Crippen molar-refractivity contribution in [1.29, 1.82) is 0 Å². The molecule has 0 aliphatic heterocycles. The lowest BCUT2D eigenvalue weighted by Gasteiger charge is -2.21. The van der Waals surface area contributed by atoms with E-state index < -0.39 is 24.0 Å². The summed E-state index contributed by atoms with van der Waals surface area (Å²) in [6.45, 7) is 3.96. The number of rotatable bonds is 13. The van der Waals surface area contributed by atoms with Crippen LogP contribution in [0, 0.1) is 6.92 Å². The number of nitrogens with one attached hydrogen (secondary N) is 2. The average molecular weight is 713 g/mol. The number of amides is 2. The van der Waals surface area contributed by atoms with Crippen molar-refractivity contribution < 1.29 is 23.8 Å². The minimum absolute atomic E-state index is 0.231. The van der Waals surface area contributed by atoms with Crippen LogP contribution in [-0.2, 0) is 22.6 Å². The Morgan fingerprint density at radius 2 is 1.67 bits per heavy atom. The quantitative estimate of drug-likeness (QED) is 0.112. The van der Waals surface area contributed by atoms with Gasteiger partial charge in [-0.3, -0.25) is 9.59 Å². The Morgan fingerprint density at radius 1 is 0.933 bits per heavy atom. The maximum Gasteiger partial charge on any atom is 0.262 e. The van der Waals surface area contributed by atoms with Crippen LogP contribution in [0.2, 0.25) is 10.0 Å². The molecule has 4 aromatic rings. The van der Waals surface area contributed by atoms with Gasteiger partial charge in [-0.05, 0) is 76.8 Å². The summed E-state index contributed by atoms with van der Waals surface area (Å²) in [6, 6.07) is 24.7. The topological polar surface area (TPSA) is 98.2 Å². The van der Waals surface area contributed by atoms with Crippen LogP contribution in [0.4, 0.5) is 0 Å². The van der Waals surface area contributed by atoms with Crippen LogP contribution in [0.5, 0.6) is 17.2 Å². The molecule has 0 aliphatic rings. The largest absolute Gasteiger partial charge is 0.493 e. The van der Waals surface area contributed by atoms with Gasteiger partial charge in [0.2, 0.25) is 0 Å². The molecular weight excluding hydrogens is 681 g/mol. The lowest BCUT2D eigenvalue weighted by atomic mass is 10.1. The Balaban J connectivity index is 1.43. The van der Waals surface area contributed by atoms with Crippen molar-refractivity contribution >= 4 is 57.2 Å². The second kappa shape index (κ2) is 16.3. The van der Waals surface area contributed by atoms with Gasteiger partial charge in [0.1, 0.15) is 18.4 Å². The highest BCUT2D eigenvalue weighted by atomic mass is 79.9. The fraction of sp³-hybridized carbons (Fsp3) is 0.206. The van der Waals surface area contributed by atoms with Crippen molar-refractivity contribution in [3.63, 3.8) is 0 Å². The standard InChI is InChI=1S/C34H32BrCl2N3O5/c1-21-9-11-24(12-10-21)20-44-32-27(35)15-25(17-31(32)43-3)19-38-40-34(42)29(16-23-7-5-4-6-8-23)39-33(41)22(2)45-30-14-13-26(36)18-28(30)37/h4-15,17-19,22,29H,16,20H2,1-3H3,(H,39,41)(H,40,42)/b38-19-/t22-,29-/m1/s1. The van der Waals surface area contributed by atoms with E-state index in [1.165, 1.54) is 17.8 Å². The van der Waals surface area contributed by atoms with Crippen LogP contribution in [-0.4, -0.2) is 37.3 Å². The van der Waals surface area contributed by atoms with Crippen LogP contribution in [0.15, 0.2) is 94.5 Å². The second-order valence-electron chi connectivity index (χ2n) is 10.1. The molecule has 2 amide bonds. The van der Waals surface area contributed by atoms with E-state index in [0.29, 0.717) is 38.9 Å². The Morgan fingerprint density at radius 3 is 2.36 bits per heavy atom. The number of hydrogen-bond acceptors (Lipinski definition) is 6. The molecule has 0 fully saturated rings. The Hall–Kier alpha value is -4.05. The zero-order valence-corrected chi connectivity index (χ0v) is 27.9. The fourth-order valence-electron chi connectivity index (χ4n) is 4.21. The highest BCUT2D eigenvalue weighted by Gasteiger charge is 2.25. The number of halogens is 3. The maximum atomic E-state index is 13.3. The first kappa shape index (κ1) is 33.8. The highest BCUT2D eigenvalue weighted by molar-refractivity contribution is 9.10. The number of carbonyl (C=O) groups excluding carboxylic acids is 2. The number of nitrogens with zero attached hydrogens (tertiary/aromatic N) is 1. The van der Waals surface area contributed by atoms with Crippen LogP contribution >= 0.6 is 39.1 Å². The molecule has 8 nitrogen and oxygen atoms in total. The van der Waals surface area contributed by atoms with Gasteiger partial charge in [0.15, 0.2) is 17.6 Å². The SMILES string of the molecule is COc1cc(/C=N\NC(=O)[C@@H](Cc2ccccc2)NC(=O)[C@@H](C)Oc2ccc(Cl)cc2Cl)cc(Br)c1OCc1ccc(C)cc1. The minimum atomic E-state index is -0.949. The first-order valence-electron chi connectivity index (χ1n) is 14.0. The molecule has 234 valence electrons. The number of aryl methyl sites for hydroxylation is 1. The molecule has 0 unspecified atom stereocenters. The van der Waals surface area contributed by atoms with Crippen molar-refractivity contribution in [2.75, 3.05) is 7.11 Å². The van der Waals surface area contributed by atoms with Crippen LogP contribution in [0.3, 0.4) is 0 Å². The Labute approximate surface area is 280 Å².